The van der Waals surface area contributed by atoms with Crippen molar-refractivity contribution in [3.63, 3.8) is 0 Å². The third-order valence-corrected chi connectivity index (χ3v) is 7.88. The molecule has 3 aromatic rings. The summed E-state index contributed by atoms with van der Waals surface area (Å²) in [4.78, 5) is 24.5. The van der Waals surface area contributed by atoms with Crippen LogP contribution in [0.15, 0.2) is 83.2 Å². The Morgan fingerprint density at radius 2 is 2.03 bits per heavy atom. The van der Waals surface area contributed by atoms with Crippen molar-refractivity contribution >= 4 is 28.9 Å². The van der Waals surface area contributed by atoms with E-state index in [9.17, 15) is 13.6 Å². The summed E-state index contributed by atoms with van der Waals surface area (Å²) in [7, 11) is 0. The second-order valence-corrected chi connectivity index (χ2v) is 9.94. The molecule has 0 saturated heterocycles. The standard InChI is InChI=1S/C26H19F3N6O2S/c27-15-1-3-19(33-12-15)25(36)34-16-2-4-21-17(10-16)26(6-8-31-13-38-26)18-11-20(14-5-7-32-22(28)9-14)35(30)24(29)23(18)37-21/h1-5,7,9-13,20H,6,8,30H2,(H,34,36)/t20?,26-/m0/s1. The third kappa shape index (κ3) is 4.02. The van der Waals surface area contributed by atoms with Crippen molar-refractivity contribution in [3.8, 4) is 5.75 Å². The molecule has 0 saturated carbocycles. The molecule has 0 bridgehead atoms. The molecular weight excluding hydrogens is 517 g/mol. The number of nitrogens with zero attached hydrogens (tertiary/aromatic N) is 4. The van der Waals surface area contributed by atoms with E-state index in [2.05, 4.69) is 20.3 Å². The van der Waals surface area contributed by atoms with E-state index in [0.29, 0.717) is 41.1 Å². The molecule has 3 N–H and O–H groups in total. The van der Waals surface area contributed by atoms with Gasteiger partial charge in [0.15, 0.2) is 5.76 Å². The fraction of sp³-hybridized carbons (Fsp3) is 0.154. The Balaban J connectivity index is 1.44. The van der Waals surface area contributed by atoms with Crippen molar-refractivity contribution < 1.29 is 22.7 Å². The minimum atomic E-state index is -0.819. The molecule has 3 aliphatic heterocycles. The first kappa shape index (κ1) is 24.2. The molecule has 12 heteroatoms. The summed E-state index contributed by atoms with van der Waals surface area (Å²) >= 11 is 1.39. The van der Waals surface area contributed by atoms with Crippen molar-refractivity contribution in [2.24, 2.45) is 10.8 Å². The number of anilines is 1. The highest BCUT2D eigenvalue weighted by molar-refractivity contribution is 8.13. The van der Waals surface area contributed by atoms with E-state index in [-0.39, 0.29) is 11.5 Å². The zero-order chi connectivity index (χ0) is 26.4. The number of amides is 1. The quantitative estimate of drug-likeness (QED) is 0.283. The van der Waals surface area contributed by atoms with Crippen molar-refractivity contribution in [2.45, 2.75) is 17.2 Å². The van der Waals surface area contributed by atoms with Crippen molar-refractivity contribution in [3.05, 3.63) is 107 Å². The van der Waals surface area contributed by atoms with Gasteiger partial charge in [0.2, 0.25) is 11.9 Å². The molecule has 2 aromatic heterocycles. The molecule has 0 aliphatic carbocycles. The fourth-order valence-electron chi connectivity index (χ4n) is 4.77. The van der Waals surface area contributed by atoms with Crippen LogP contribution in [0.2, 0.25) is 0 Å². The molecule has 6 rings (SSSR count). The van der Waals surface area contributed by atoms with Crippen LogP contribution in [-0.4, -0.2) is 33.0 Å². The zero-order valence-electron chi connectivity index (χ0n) is 19.6. The van der Waals surface area contributed by atoms with Crippen molar-refractivity contribution in [2.75, 3.05) is 11.9 Å². The van der Waals surface area contributed by atoms with Crippen LogP contribution in [0.5, 0.6) is 5.75 Å². The molecule has 1 spiro atoms. The SMILES string of the molecule is NN1C(F)=C2Oc3ccc(NC(=O)c4ccc(F)cn4)cc3[C@@]3(CCN=CS3)C2=CC1c1ccnc(F)c1. The molecule has 0 radical (unpaired) electrons. The Kier molecular flexibility index (Phi) is 5.92. The molecule has 3 aliphatic rings. The average molecular weight is 537 g/mol. The number of carbonyl (C=O) groups excluding carboxylic acids is 1. The first-order valence-corrected chi connectivity index (χ1v) is 12.4. The van der Waals surface area contributed by atoms with E-state index >= 15 is 4.39 Å². The van der Waals surface area contributed by atoms with E-state index in [0.717, 1.165) is 17.3 Å². The first-order chi connectivity index (χ1) is 18.4. The number of thioether (sulfide) groups is 1. The molecule has 1 amide bonds. The number of aliphatic imine (C=N–C) groups is 1. The van der Waals surface area contributed by atoms with E-state index < -0.39 is 34.4 Å². The number of allylic oxidation sites excluding steroid dienone is 1. The molecule has 0 fully saturated rings. The summed E-state index contributed by atoms with van der Waals surface area (Å²) in [5.41, 5.74) is 3.86. The van der Waals surface area contributed by atoms with Crippen LogP contribution in [-0.2, 0) is 4.75 Å². The van der Waals surface area contributed by atoms with Gasteiger partial charge >= 0.3 is 0 Å². The van der Waals surface area contributed by atoms with Gasteiger partial charge in [-0.25, -0.2) is 20.2 Å². The number of hydrogen-bond acceptors (Lipinski definition) is 8. The lowest BCUT2D eigenvalue weighted by Crippen LogP contribution is -2.42. The van der Waals surface area contributed by atoms with Gasteiger partial charge in [-0.1, -0.05) is 11.8 Å². The van der Waals surface area contributed by atoms with Crippen LogP contribution in [0.4, 0.5) is 18.9 Å². The molecule has 5 heterocycles. The second kappa shape index (κ2) is 9.30. The highest BCUT2D eigenvalue weighted by atomic mass is 32.2. The van der Waals surface area contributed by atoms with E-state index in [4.69, 9.17) is 10.6 Å². The second-order valence-electron chi connectivity index (χ2n) is 8.80. The predicted octanol–water partition coefficient (Wildman–Crippen LogP) is 4.76. The number of nitrogens with one attached hydrogen (secondary N) is 1. The minimum absolute atomic E-state index is 0.0270. The number of benzene rings is 1. The third-order valence-electron chi connectivity index (χ3n) is 6.58. The number of aromatic nitrogens is 2. The van der Waals surface area contributed by atoms with Gasteiger partial charge < -0.3 is 10.1 Å². The zero-order valence-corrected chi connectivity index (χ0v) is 20.4. The maximum absolute atomic E-state index is 15.7. The predicted molar refractivity (Wildman–Crippen MR) is 136 cm³/mol. The molecule has 1 unspecified atom stereocenters. The number of fused-ring (bicyclic) bond motifs is 4. The fourth-order valence-corrected chi connectivity index (χ4v) is 5.91. The lowest BCUT2D eigenvalue weighted by molar-refractivity contribution is 0.102. The van der Waals surface area contributed by atoms with E-state index in [1.165, 1.54) is 30.1 Å². The topological polar surface area (TPSA) is 106 Å². The van der Waals surface area contributed by atoms with Crippen LogP contribution in [0.25, 0.3) is 0 Å². The van der Waals surface area contributed by atoms with Crippen LogP contribution in [0.1, 0.15) is 34.1 Å². The van der Waals surface area contributed by atoms with Crippen molar-refractivity contribution in [1.82, 2.24) is 15.0 Å². The van der Waals surface area contributed by atoms with Crippen LogP contribution >= 0.6 is 11.8 Å². The number of hydrazine groups is 1. The molecule has 38 heavy (non-hydrogen) atoms. The smallest absolute Gasteiger partial charge is 0.274 e. The largest absolute Gasteiger partial charge is 0.452 e. The van der Waals surface area contributed by atoms with Crippen LogP contribution in [0.3, 0.4) is 0 Å². The molecule has 8 nitrogen and oxygen atoms in total. The number of hydrogen-bond donors (Lipinski definition) is 2. The Morgan fingerprint density at radius 3 is 2.76 bits per heavy atom. The van der Waals surface area contributed by atoms with Gasteiger partial charge in [0.05, 0.1) is 22.5 Å². The maximum Gasteiger partial charge on any atom is 0.274 e. The number of halogens is 3. The maximum atomic E-state index is 15.7. The van der Waals surface area contributed by atoms with E-state index in [1.54, 1.807) is 35.9 Å². The molecule has 1 aromatic carbocycles. The Hall–Kier alpha value is -4.16. The van der Waals surface area contributed by atoms with Gasteiger partial charge in [-0.2, -0.15) is 8.78 Å². The molecule has 192 valence electrons. The van der Waals surface area contributed by atoms with Gasteiger partial charge in [0.25, 0.3) is 5.91 Å². The summed E-state index contributed by atoms with van der Waals surface area (Å²) in [6.07, 6.45) is 4.53. The van der Waals surface area contributed by atoms with Crippen molar-refractivity contribution in [1.29, 1.82) is 0 Å². The van der Waals surface area contributed by atoms with Gasteiger partial charge in [0, 0.05) is 29.6 Å². The lowest BCUT2D eigenvalue weighted by Gasteiger charge is -2.45. The first-order valence-electron chi connectivity index (χ1n) is 11.5. The van der Waals surface area contributed by atoms with Gasteiger partial charge in [0.1, 0.15) is 17.3 Å². The van der Waals surface area contributed by atoms with Crippen LogP contribution in [0, 0.1) is 11.8 Å². The summed E-state index contributed by atoms with van der Waals surface area (Å²) in [5, 5.41) is 3.67. The highest BCUT2D eigenvalue weighted by Gasteiger charge is 2.49. The summed E-state index contributed by atoms with van der Waals surface area (Å²) in [6.45, 7) is 0.468. The Bertz CT molecular complexity index is 1540. The van der Waals surface area contributed by atoms with Gasteiger partial charge in [-0.05, 0) is 60.5 Å². The Labute approximate surface area is 219 Å². The number of carbonyl (C=O) groups is 1. The lowest BCUT2D eigenvalue weighted by atomic mass is 9.80. The minimum Gasteiger partial charge on any atom is -0.452 e. The normalized spacial score (nSPS) is 21.9. The summed E-state index contributed by atoms with van der Waals surface area (Å²) in [5.74, 6) is 3.92. The molecular formula is C26H19F3N6O2S. The monoisotopic (exact) mass is 536 g/mol. The van der Waals surface area contributed by atoms with E-state index in [1.807, 2.05) is 0 Å². The van der Waals surface area contributed by atoms with Gasteiger partial charge in [-0.15, -0.1) is 0 Å². The summed E-state index contributed by atoms with van der Waals surface area (Å²) in [6, 6.07) is 9.41. The van der Waals surface area contributed by atoms with Crippen LogP contribution < -0.4 is 15.9 Å². The summed E-state index contributed by atoms with van der Waals surface area (Å²) < 4.78 is 48.1. The number of rotatable bonds is 3. The number of nitrogens with two attached hydrogens (primary N) is 1. The average Bonchev–Trinajstić information content (AvgIpc) is 2.92. The number of ether oxygens (including phenoxy) is 1. The molecule has 2 atom stereocenters. The Morgan fingerprint density at radius 1 is 1.16 bits per heavy atom. The highest BCUT2D eigenvalue weighted by Crippen LogP contribution is 2.58. The number of pyridine rings is 2. The van der Waals surface area contributed by atoms with Gasteiger partial charge in [-0.3, -0.25) is 14.8 Å².